The van der Waals surface area contributed by atoms with Crippen molar-refractivity contribution in [1.82, 2.24) is 41.3 Å². The minimum absolute atomic E-state index is 0.205. The molecule has 11 heteroatoms. The molecule has 6 atom stereocenters. The second-order valence-electron chi connectivity index (χ2n) is 9.30. The Balaban J connectivity index is 1.25. The molecule has 2 aromatic rings. The molecule has 164 valence electrons. The van der Waals surface area contributed by atoms with Crippen molar-refractivity contribution < 1.29 is 4.21 Å². The number of hydrogen-bond acceptors (Lipinski definition) is 9. The van der Waals surface area contributed by atoms with Gasteiger partial charge in [0.2, 0.25) is 0 Å². The van der Waals surface area contributed by atoms with Gasteiger partial charge in [0.1, 0.15) is 5.52 Å². The lowest BCUT2D eigenvalue weighted by atomic mass is 9.74. The molecule has 1 aliphatic carbocycles. The molecule has 3 saturated heterocycles. The summed E-state index contributed by atoms with van der Waals surface area (Å²) in [5.74, 6) is 0.887. The molecule has 4 aliphatic heterocycles. The largest absolute Gasteiger partial charge is 0.307 e. The molecule has 0 amide bonds. The van der Waals surface area contributed by atoms with Crippen LogP contribution in [0.15, 0.2) is 22.2 Å². The van der Waals surface area contributed by atoms with Crippen molar-refractivity contribution in [3.05, 3.63) is 27.8 Å². The monoisotopic (exact) mass is 458 g/mol. The second-order valence-corrected chi connectivity index (χ2v) is 12.4. The molecule has 6 unspecified atom stereocenters. The summed E-state index contributed by atoms with van der Waals surface area (Å²) in [4.78, 5) is 4.63. The lowest BCUT2D eigenvalue weighted by Crippen LogP contribution is -2.61. The molecule has 0 bridgehead atoms. The van der Waals surface area contributed by atoms with Gasteiger partial charge < -0.3 is 5.43 Å². The number of nitrogens with zero attached hydrogens (tertiary/aromatic N) is 5. The highest BCUT2D eigenvalue weighted by Crippen LogP contribution is 2.55. The number of fused-ring (bicyclic) bond motifs is 3. The van der Waals surface area contributed by atoms with Gasteiger partial charge in [-0.3, -0.25) is 9.53 Å². The van der Waals surface area contributed by atoms with Gasteiger partial charge in [0.25, 0.3) is 0 Å². The fourth-order valence-electron chi connectivity index (χ4n) is 5.81. The Bertz CT molecular complexity index is 1110. The zero-order valence-electron chi connectivity index (χ0n) is 17.3. The molecule has 9 nitrogen and oxygen atoms in total. The topological polar surface area (TPSA) is 100 Å². The lowest BCUT2D eigenvalue weighted by Gasteiger charge is -2.48. The standard InChI is InChI=1S/C20H26N8OS2/c1-27-18-14(24-26-27)7-10(9-21-18)13-8-12-15-5-6-22-28(15)25-17-16(12)19(23-13)30-20(17)31(29)11-3-2-4-11/h7,9,11-13,15-16,19,22-23,25H,2-6,8H2,1H3. The summed E-state index contributed by atoms with van der Waals surface area (Å²) in [5.41, 5.74) is 11.1. The third-order valence-electron chi connectivity index (χ3n) is 7.64. The number of rotatable bonds is 3. The zero-order chi connectivity index (χ0) is 20.7. The minimum Gasteiger partial charge on any atom is -0.307 e. The molecule has 0 spiro atoms. The van der Waals surface area contributed by atoms with Gasteiger partial charge in [-0.2, -0.15) is 5.12 Å². The van der Waals surface area contributed by atoms with Crippen LogP contribution in [0.3, 0.4) is 0 Å². The van der Waals surface area contributed by atoms with E-state index in [1.54, 1.807) is 16.4 Å². The maximum Gasteiger partial charge on any atom is 0.178 e. The quantitative estimate of drug-likeness (QED) is 0.628. The fraction of sp³-hybridized carbons (Fsp3) is 0.650. The Morgan fingerprint density at radius 2 is 2.19 bits per heavy atom. The Labute approximate surface area is 187 Å². The van der Waals surface area contributed by atoms with Crippen LogP contribution in [0.1, 0.15) is 43.7 Å². The first-order valence-corrected chi connectivity index (χ1v) is 13.3. The third kappa shape index (κ3) is 2.80. The van der Waals surface area contributed by atoms with E-state index in [1.807, 2.05) is 13.2 Å². The second kappa shape index (κ2) is 6.98. The number of nitrogens with one attached hydrogen (secondary N) is 3. The highest BCUT2D eigenvalue weighted by molar-refractivity contribution is 8.17. The van der Waals surface area contributed by atoms with Crippen LogP contribution in [0.2, 0.25) is 0 Å². The summed E-state index contributed by atoms with van der Waals surface area (Å²) in [6, 6.07) is 2.78. The summed E-state index contributed by atoms with van der Waals surface area (Å²) >= 11 is 1.80. The molecule has 3 N–H and O–H groups in total. The van der Waals surface area contributed by atoms with E-state index < -0.39 is 10.8 Å². The van der Waals surface area contributed by atoms with Crippen molar-refractivity contribution in [3.63, 3.8) is 0 Å². The number of pyridine rings is 1. The minimum atomic E-state index is -0.908. The van der Waals surface area contributed by atoms with E-state index in [9.17, 15) is 4.21 Å². The predicted octanol–water partition coefficient (Wildman–Crippen LogP) is 1.27. The fourth-order valence-corrected chi connectivity index (χ4v) is 9.63. The van der Waals surface area contributed by atoms with Crippen molar-refractivity contribution in [2.45, 2.75) is 54.8 Å². The smallest absolute Gasteiger partial charge is 0.178 e. The van der Waals surface area contributed by atoms with Crippen LogP contribution in [0.5, 0.6) is 0 Å². The number of thioether (sulfide) groups is 1. The van der Waals surface area contributed by atoms with Crippen LogP contribution < -0.4 is 16.2 Å². The molecule has 4 fully saturated rings. The van der Waals surface area contributed by atoms with Crippen LogP contribution in [0.4, 0.5) is 0 Å². The lowest BCUT2D eigenvalue weighted by molar-refractivity contribution is 0.00560. The van der Waals surface area contributed by atoms with E-state index in [0.717, 1.165) is 47.6 Å². The van der Waals surface area contributed by atoms with Crippen LogP contribution in [-0.2, 0) is 17.8 Å². The van der Waals surface area contributed by atoms with Crippen LogP contribution in [0, 0.1) is 11.8 Å². The first-order valence-electron chi connectivity index (χ1n) is 11.2. The van der Waals surface area contributed by atoms with Gasteiger partial charge in [0.05, 0.1) is 26.1 Å². The van der Waals surface area contributed by atoms with E-state index in [2.05, 4.69) is 42.6 Å². The van der Waals surface area contributed by atoms with Gasteiger partial charge >= 0.3 is 0 Å². The molecule has 0 radical (unpaired) electrons. The SMILES string of the molecule is Cn1nnc2cc(C3CC4C5C(=C(S(=O)C6CCC6)SC5N3)NN3NCCC43)cnc21. The summed E-state index contributed by atoms with van der Waals surface area (Å²) in [6.45, 7) is 0.984. The Kier molecular flexibility index (Phi) is 4.28. The first-order chi connectivity index (χ1) is 15.2. The van der Waals surface area contributed by atoms with E-state index in [1.165, 1.54) is 17.7 Å². The summed E-state index contributed by atoms with van der Waals surface area (Å²) < 4.78 is 16.1. The molecule has 2 aromatic heterocycles. The van der Waals surface area contributed by atoms with Crippen molar-refractivity contribution >= 4 is 33.7 Å². The average molecular weight is 459 g/mol. The molecule has 31 heavy (non-hydrogen) atoms. The molecular weight excluding hydrogens is 432 g/mol. The Morgan fingerprint density at radius 3 is 3.03 bits per heavy atom. The van der Waals surface area contributed by atoms with Gasteiger partial charge in [-0.15, -0.1) is 5.10 Å². The number of aryl methyl sites for hydroxylation is 1. The highest BCUT2D eigenvalue weighted by Gasteiger charge is 2.55. The highest BCUT2D eigenvalue weighted by atomic mass is 32.2. The maximum absolute atomic E-state index is 13.4. The van der Waals surface area contributed by atoms with Gasteiger partial charge in [0, 0.05) is 43.0 Å². The molecule has 0 aromatic carbocycles. The third-order valence-corrected chi connectivity index (χ3v) is 11.2. The van der Waals surface area contributed by atoms with Gasteiger partial charge in [-0.25, -0.2) is 15.1 Å². The number of hydrazine groups is 2. The number of aromatic nitrogens is 4. The van der Waals surface area contributed by atoms with Crippen LogP contribution in [-0.4, -0.2) is 52.5 Å². The van der Waals surface area contributed by atoms with Crippen molar-refractivity contribution in [2.24, 2.45) is 18.9 Å². The normalized spacial score (nSPS) is 36.2. The van der Waals surface area contributed by atoms with Gasteiger partial charge in [-0.05, 0) is 43.2 Å². The van der Waals surface area contributed by atoms with Crippen molar-refractivity contribution in [3.8, 4) is 0 Å². The van der Waals surface area contributed by atoms with E-state index >= 15 is 0 Å². The summed E-state index contributed by atoms with van der Waals surface area (Å²) in [5, 5.41) is 15.0. The Morgan fingerprint density at radius 1 is 1.29 bits per heavy atom. The summed E-state index contributed by atoms with van der Waals surface area (Å²) in [7, 11) is 0.961. The maximum atomic E-state index is 13.4. The van der Waals surface area contributed by atoms with Crippen LogP contribution in [0.25, 0.3) is 11.2 Å². The average Bonchev–Trinajstić information content (AvgIpc) is 3.45. The van der Waals surface area contributed by atoms with Crippen molar-refractivity contribution in [1.29, 1.82) is 0 Å². The molecular formula is C20H26N8OS2. The molecule has 5 aliphatic rings. The molecule has 7 rings (SSSR count). The van der Waals surface area contributed by atoms with Gasteiger partial charge in [-0.1, -0.05) is 23.4 Å². The molecule has 1 saturated carbocycles. The van der Waals surface area contributed by atoms with E-state index in [4.69, 9.17) is 0 Å². The first kappa shape index (κ1) is 19.0. The number of hydrogen-bond donors (Lipinski definition) is 3. The van der Waals surface area contributed by atoms with E-state index in [-0.39, 0.29) is 11.4 Å². The van der Waals surface area contributed by atoms with E-state index in [0.29, 0.717) is 23.1 Å². The van der Waals surface area contributed by atoms with Crippen LogP contribution >= 0.6 is 11.8 Å². The predicted molar refractivity (Wildman–Crippen MR) is 119 cm³/mol. The zero-order valence-corrected chi connectivity index (χ0v) is 19.0. The summed E-state index contributed by atoms with van der Waals surface area (Å²) in [6.07, 6.45) is 7.53. The Hall–Kier alpha value is -1.53. The molecule has 6 heterocycles. The van der Waals surface area contributed by atoms with Crippen molar-refractivity contribution in [2.75, 3.05) is 6.54 Å². The van der Waals surface area contributed by atoms with Gasteiger partial charge in [0.15, 0.2) is 5.65 Å². The number of piperidine rings is 1.